The number of aliphatic carboxylic acids is 1. The van der Waals surface area contributed by atoms with Gasteiger partial charge in [-0.3, -0.25) is 9.59 Å². The highest BCUT2D eigenvalue weighted by Gasteiger charge is 2.34. The van der Waals surface area contributed by atoms with Crippen molar-refractivity contribution in [2.75, 3.05) is 0 Å². The van der Waals surface area contributed by atoms with Gasteiger partial charge in [0.05, 0.1) is 16.5 Å². The zero-order valence-corrected chi connectivity index (χ0v) is 10.8. The van der Waals surface area contributed by atoms with Crippen LogP contribution < -0.4 is 5.32 Å². The van der Waals surface area contributed by atoms with Gasteiger partial charge in [-0.1, -0.05) is 18.0 Å². The molecule has 0 spiro atoms. The Morgan fingerprint density at radius 1 is 1.37 bits per heavy atom. The molecule has 0 aliphatic heterocycles. The maximum atomic E-state index is 12.9. The van der Waals surface area contributed by atoms with Gasteiger partial charge < -0.3 is 10.4 Å². The standard InChI is InChI=1S/C13H13ClFNO3/c14-10-6-7(15)4-5-8(10)12(17)16-11-3-1-2-9(11)13(18)19/h4-6,9,11H,1-3H2,(H,16,17)(H,18,19). The smallest absolute Gasteiger partial charge is 0.308 e. The van der Waals surface area contributed by atoms with Gasteiger partial charge in [-0.2, -0.15) is 0 Å². The van der Waals surface area contributed by atoms with E-state index in [0.717, 1.165) is 18.6 Å². The minimum Gasteiger partial charge on any atom is -0.481 e. The van der Waals surface area contributed by atoms with E-state index in [-0.39, 0.29) is 10.6 Å². The van der Waals surface area contributed by atoms with Crippen molar-refractivity contribution in [3.8, 4) is 0 Å². The Morgan fingerprint density at radius 2 is 2.11 bits per heavy atom. The molecule has 2 rings (SSSR count). The zero-order valence-electron chi connectivity index (χ0n) is 10.0. The van der Waals surface area contributed by atoms with Crippen LogP contribution in [0.1, 0.15) is 29.6 Å². The molecule has 4 nitrogen and oxygen atoms in total. The Labute approximate surface area is 114 Å². The lowest BCUT2D eigenvalue weighted by atomic mass is 10.0. The number of carboxylic acids is 1. The molecule has 0 radical (unpaired) electrons. The Balaban J connectivity index is 2.10. The van der Waals surface area contributed by atoms with Crippen molar-refractivity contribution >= 4 is 23.5 Å². The number of benzene rings is 1. The summed E-state index contributed by atoms with van der Waals surface area (Å²) in [6, 6.07) is 3.09. The van der Waals surface area contributed by atoms with Gasteiger partial charge in [-0.15, -0.1) is 0 Å². The highest BCUT2D eigenvalue weighted by Crippen LogP contribution is 2.26. The number of nitrogens with one attached hydrogen (secondary N) is 1. The van der Waals surface area contributed by atoms with Crippen molar-refractivity contribution in [1.29, 1.82) is 0 Å². The van der Waals surface area contributed by atoms with Crippen molar-refractivity contribution in [3.05, 3.63) is 34.6 Å². The zero-order chi connectivity index (χ0) is 14.0. The summed E-state index contributed by atoms with van der Waals surface area (Å²) in [6.07, 6.45) is 1.94. The summed E-state index contributed by atoms with van der Waals surface area (Å²) in [5.41, 5.74) is 0.152. The summed E-state index contributed by atoms with van der Waals surface area (Å²) in [5, 5.41) is 11.7. The first-order valence-corrected chi connectivity index (χ1v) is 6.35. The molecule has 1 aliphatic carbocycles. The molecule has 0 saturated heterocycles. The number of carboxylic acid groups (broad SMARTS) is 1. The summed E-state index contributed by atoms with van der Waals surface area (Å²) in [4.78, 5) is 23.0. The Kier molecular flexibility index (Phi) is 4.04. The van der Waals surface area contributed by atoms with Crippen molar-refractivity contribution in [3.63, 3.8) is 0 Å². The van der Waals surface area contributed by atoms with Crippen molar-refractivity contribution in [1.82, 2.24) is 5.32 Å². The van der Waals surface area contributed by atoms with Crippen LogP contribution in [0, 0.1) is 11.7 Å². The third-order valence-corrected chi connectivity index (χ3v) is 3.64. The van der Waals surface area contributed by atoms with Crippen molar-refractivity contribution in [2.24, 2.45) is 5.92 Å². The molecule has 2 unspecified atom stereocenters. The maximum absolute atomic E-state index is 12.9. The molecule has 102 valence electrons. The normalized spacial score (nSPS) is 22.2. The van der Waals surface area contributed by atoms with Crippen molar-refractivity contribution < 1.29 is 19.1 Å². The quantitative estimate of drug-likeness (QED) is 0.896. The van der Waals surface area contributed by atoms with E-state index in [0.29, 0.717) is 12.8 Å². The van der Waals surface area contributed by atoms with E-state index in [1.54, 1.807) is 0 Å². The third kappa shape index (κ3) is 3.04. The van der Waals surface area contributed by atoms with E-state index >= 15 is 0 Å². The molecule has 1 aromatic carbocycles. The summed E-state index contributed by atoms with van der Waals surface area (Å²) >= 11 is 5.79. The van der Waals surface area contributed by atoms with E-state index in [4.69, 9.17) is 16.7 Å². The predicted octanol–water partition coefficient (Wildman–Crippen LogP) is 2.46. The number of halogens is 2. The molecule has 19 heavy (non-hydrogen) atoms. The van der Waals surface area contributed by atoms with Gasteiger partial charge in [-0.25, -0.2) is 4.39 Å². The number of amides is 1. The van der Waals surface area contributed by atoms with Gasteiger partial charge in [0.15, 0.2) is 0 Å². The van der Waals surface area contributed by atoms with Gasteiger partial charge in [0.25, 0.3) is 5.91 Å². The van der Waals surface area contributed by atoms with E-state index in [9.17, 15) is 14.0 Å². The Hall–Kier alpha value is -1.62. The first-order chi connectivity index (χ1) is 8.99. The fraction of sp³-hybridized carbons (Fsp3) is 0.385. The lowest BCUT2D eigenvalue weighted by Gasteiger charge is -2.17. The molecule has 1 aliphatic rings. The molecule has 0 heterocycles. The van der Waals surface area contributed by atoms with Gasteiger partial charge in [-0.05, 0) is 31.0 Å². The second-order valence-corrected chi connectivity index (χ2v) is 4.99. The monoisotopic (exact) mass is 285 g/mol. The molecular weight excluding hydrogens is 273 g/mol. The van der Waals surface area contributed by atoms with Crippen molar-refractivity contribution in [2.45, 2.75) is 25.3 Å². The Morgan fingerprint density at radius 3 is 2.74 bits per heavy atom. The third-order valence-electron chi connectivity index (χ3n) is 3.33. The molecule has 0 aromatic heterocycles. The van der Waals surface area contributed by atoms with Crippen LogP contribution in [0.2, 0.25) is 5.02 Å². The molecule has 6 heteroatoms. The van der Waals surface area contributed by atoms with E-state index in [2.05, 4.69) is 5.32 Å². The minimum absolute atomic E-state index is 0.0161. The van der Waals surface area contributed by atoms with Crippen LogP contribution in [0.15, 0.2) is 18.2 Å². The highest BCUT2D eigenvalue weighted by molar-refractivity contribution is 6.33. The summed E-state index contributed by atoms with van der Waals surface area (Å²) in [5.74, 6) is -2.47. The van der Waals surface area contributed by atoms with Crippen LogP contribution in [0.4, 0.5) is 4.39 Å². The maximum Gasteiger partial charge on any atom is 0.308 e. The van der Waals surface area contributed by atoms with E-state index in [1.807, 2.05) is 0 Å². The number of hydrogen-bond donors (Lipinski definition) is 2. The molecule has 1 saturated carbocycles. The summed E-state index contributed by atoms with van der Waals surface area (Å²) in [7, 11) is 0. The van der Waals surface area contributed by atoms with E-state index < -0.39 is 29.7 Å². The van der Waals surface area contributed by atoms with Crippen LogP contribution in [0.3, 0.4) is 0 Å². The molecule has 1 amide bonds. The molecule has 0 bridgehead atoms. The van der Waals surface area contributed by atoms with Crippen LogP contribution in [0.5, 0.6) is 0 Å². The second-order valence-electron chi connectivity index (χ2n) is 4.58. The second kappa shape index (κ2) is 5.57. The molecule has 1 fully saturated rings. The fourth-order valence-corrected chi connectivity index (χ4v) is 2.60. The first-order valence-electron chi connectivity index (χ1n) is 5.98. The number of carbonyl (C=O) groups is 2. The molecule has 2 atom stereocenters. The molecular formula is C13H13ClFNO3. The van der Waals surface area contributed by atoms with Crippen LogP contribution in [-0.4, -0.2) is 23.0 Å². The van der Waals surface area contributed by atoms with Crippen LogP contribution in [-0.2, 0) is 4.79 Å². The van der Waals surface area contributed by atoms with Gasteiger partial charge in [0, 0.05) is 6.04 Å². The number of rotatable bonds is 3. The lowest BCUT2D eigenvalue weighted by molar-refractivity contribution is -0.142. The average Bonchev–Trinajstić information content (AvgIpc) is 2.76. The average molecular weight is 286 g/mol. The largest absolute Gasteiger partial charge is 0.481 e. The summed E-state index contributed by atoms with van der Waals surface area (Å²) in [6.45, 7) is 0. The van der Waals surface area contributed by atoms with Gasteiger partial charge in [0.1, 0.15) is 5.82 Å². The number of hydrogen-bond acceptors (Lipinski definition) is 2. The fourth-order valence-electron chi connectivity index (χ4n) is 2.35. The van der Waals surface area contributed by atoms with Crippen LogP contribution >= 0.6 is 11.6 Å². The summed E-state index contributed by atoms with van der Waals surface area (Å²) < 4.78 is 12.9. The Bertz CT molecular complexity index is 521. The van der Waals surface area contributed by atoms with E-state index in [1.165, 1.54) is 6.07 Å². The minimum atomic E-state index is -0.909. The van der Waals surface area contributed by atoms with Gasteiger partial charge in [0.2, 0.25) is 0 Å². The highest BCUT2D eigenvalue weighted by atomic mass is 35.5. The predicted molar refractivity (Wildman–Crippen MR) is 67.6 cm³/mol. The van der Waals surface area contributed by atoms with Crippen LogP contribution in [0.25, 0.3) is 0 Å². The SMILES string of the molecule is O=C(NC1CCCC1C(=O)O)c1ccc(F)cc1Cl. The number of carbonyl (C=O) groups excluding carboxylic acids is 1. The first kappa shape index (κ1) is 13.8. The molecule has 1 aromatic rings. The van der Waals surface area contributed by atoms with Gasteiger partial charge >= 0.3 is 5.97 Å². The lowest BCUT2D eigenvalue weighted by Crippen LogP contribution is -2.40. The topological polar surface area (TPSA) is 66.4 Å². The molecule has 2 N–H and O–H groups in total.